The van der Waals surface area contributed by atoms with Crippen LogP contribution in [0.1, 0.15) is 61.4 Å². The van der Waals surface area contributed by atoms with Crippen LogP contribution in [0.2, 0.25) is 5.82 Å². The number of hydrogen-bond donors (Lipinski definition) is 2. The van der Waals surface area contributed by atoms with Crippen LogP contribution < -0.4 is 9.97 Å². The molecule has 0 spiro atoms. The first-order valence-electron chi connectivity index (χ1n) is 11.7. The first-order valence-corrected chi connectivity index (χ1v) is 11.7. The highest BCUT2D eigenvalue weighted by molar-refractivity contribution is 6.47. The molecule has 0 aromatic heterocycles. The Hall–Kier alpha value is -1.70. The van der Waals surface area contributed by atoms with E-state index in [-0.39, 0.29) is 17.4 Å². The van der Waals surface area contributed by atoms with Crippen molar-refractivity contribution in [3.8, 4) is 5.75 Å². The Morgan fingerprint density at radius 3 is 2.52 bits per heavy atom. The summed E-state index contributed by atoms with van der Waals surface area (Å²) in [5, 5.41) is 14.1. The molecule has 1 aliphatic heterocycles. The molecule has 3 rings (SSSR count). The van der Waals surface area contributed by atoms with Crippen molar-refractivity contribution in [1.29, 1.82) is 0 Å². The van der Waals surface area contributed by atoms with E-state index in [2.05, 4.69) is 26.5 Å². The van der Waals surface area contributed by atoms with Crippen molar-refractivity contribution in [2.45, 2.75) is 63.7 Å². The van der Waals surface area contributed by atoms with E-state index < -0.39 is 7.12 Å². The fourth-order valence-corrected chi connectivity index (χ4v) is 4.81. The van der Waals surface area contributed by atoms with Gasteiger partial charge >= 0.3 is 7.12 Å². The van der Waals surface area contributed by atoms with Gasteiger partial charge in [-0.05, 0) is 56.6 Å². The minimum atomic E-state index is -1.04. The number of carbonyl (C=O) groups is 2. The number of Topliss-reactive ketones (excluding diaryl/α,β-unsaturated/α-hetero) is 2. The Bertz CT molecular complexity index is 784. The van der Waals surface area contributed by atoms with Crippen molar-refractivity contribution in [2.75, 3.05) is 34.2 Å². The summed E-state index contributed by atoms with van der Waals surface area (Å²) in [7, 11) is 5.58. The number of rotatable bonds is 9. The van der Waals surface area contributed by atoms with E-state index >= 15 is 0 Å². The van der Waals surface area contributed by atoms with Crippen molar-refractivity contribution in [3.05, 3.63) is 29.3 Å². The minimum absolute atomic E-state index is 0.0823. The molecule has 6 nitrogen and oxygen atoms in total. The molecule has 0 radical (unpaired) electrons. The summed E-state index contributed by atoms with van der Waals surface area (Å²) in [5.74, 6) is 0.793. The zero-order chi connectivity index (χ0) is 22.6. The van der Waals surface area contributed by atoms with Crippen LogP contribution in [0.4, 0.5) is 0 Å². The molecule has 1 aromatic carbocycles. The average Bonchev–Trinajstić information content (AvgIpc) is 2.68. The number of hydrogen-bond acceptors (Lipinski definition) is 5. The lowest BCUT2D eigenvalue weighted by atomic mass is 9.64. The minimum Gasteiger partial charge on any atom is -0.535 e. The van der Waals surface area contributed by atoms with Gasteiger partial charge in [-0.25, -0.2) is 0 Å². The number of quaternary nitrogens is 1. The highest BCUT2D eigenvalue weighted by Gasteiger charge is 2.37. The standard InChI is InChI=1S/C24H38BN2O4/c1-17(28)23-7-5-6-19-15-20(25(30)31-24(19)23)16-22(29)14-18-8-10-21(11-9-18)26-12-13-27(2,3)4/h5-7,18,20-21,26,30H,8-16H2,1-4H3/q+1/t18?,20-,21?/m1/s1. The largest absolute Gasteiger partial charge is 0.535 e. The van der Waals surface area contributed by atoms with Gasteiger partial charge in [0.25, 0.3) is 0 Å². The van der Waals surface area contributed by atoms with E-state index in [4.69, 9.17) is 4.65 Å². The lowest BCUT2D eigenvalue weighted by Gasteiger charge is -2.31. The number of carbonyl (C=O) groups excluding carboxylic acids is 2. The van der Waals surface area contributed by atoms with Crippen molar-refractivity contribution in [3.63, 3.8) is 0 Å². The summed E-state index contributed by atoms with van der Waals surface area (Å²) in [6.07, 6.45) is 5.91. The third-order valence-electron chi connectivity index (χ3n) is 6.67. The van der Waals surface area contributed by atoms with Crippen LogP contribution >= 0.6 is 0 Å². The molecule has 0 amide bonds. The van der Waals surface area contributed by atoms with Crippen molar-refractivity contribution < 1.29 is 23.8 Å². The molecule has 1 saturated carbocycles. The molecule has 2 N–H and O–H groups in total. The average molecular weight is 429 g/mol. The normalized spacial score (nSPS) is 23.8. The molecule has 0 saturated heterocycles. The summed E-state index contributed by atoms with van der Waals surface area (Å²) in [6, 6.07) is 6.03. The van der Waals surface area contributed by atoms with E-state index in [0.29, 0.717) is 42.5 Å². The van der Waals surface area contributed by atoms with Gasteiger partial charge in [0, 0.05) is 31.2 Å². The first-order chi connectivity index (χ1) is 14.6. The van der Waals surface area contributed by atoms with Gasteiger partial charge in [0.05, 0.1) is 33.3 Å². The van der Waals surface area contributed by atoms with Gasteiger partial charge in [-0.3, -0.25) is 9.59 Å². The molecule has 170 valence electrons. The molecule has 1 heterocycles. The summed E-state index contributed by atoms with van der Waals surface area (Å²) in [4.78, 5) is 24.5. The van der Waals surface area contributed by atoms with Gasteiger partial charge in [0.2, 0.25) is 0 Å². The maximum absolute atomic E-state index is 12.7. The van der Waals surface area contributed by atoms with Crippen molar-refractivity contribution in [2.24, 2.45) is 5.92 Å². The Morgan fingerprint density at radius 1 is 1.16 bits per heavy atom. The molecule has 0 unspecified atom stereocenters. The SMILES string of the molecule is CC(=O)c1cccc2c1OB(O)[C@@H](CC(=O)CC1CCC(NCC[N+](C)(C)C)CC1)C2. The summed E-state index contributed by atoms with van der Waals surface area (Å²) >= 11 is 0. The van der Waals surface area contributed by atoms with E-state index in [9.17, 15) is 14.6 Å². The third-order valence-corrected chi connectivity index (χ3v) is 6.67. The van der Waals surface area contributed by atoms with Crippen molar-refractivity contribution >= 4 is 18.7 Å². The number of para-hydroxylation sites is 1. The van der Waals surface area contributed by atoms with Gasteiger partial charge < -0.3 is 19.5 Å². The Labute approximate surface area is 187 Å². The molecule has 31 heavy (non-hydrogen) atoms. The summed E-state index contributed by atoms with van der Waals surface area (Å²) in [5.41, 5.74) is 1.39. The fraction of sp³-hybridized carbons (Fsp3) is 0.667. The summed E-state index contributed by atoms with van der Waals surface area (Å²) in [6.45, 7) is 3.64. The molecular weight excluding hydrogens is 391 g/mol. The monoisotopic (exact) mass is 429 g/mol. The first kappa shape index (κ1) is 24.0. The highest BCUT2D eigenvalue weighted by Crippen LogP contribution is 2.37. The quantitative estimate of drug-likeness (QED) is 0.359. The molecule has 1 fully saturated rings. The zero-order valence-corrected chi connectivity index (χ0v) is 19.5. The molecule has 1 atom stereocenters. The Balaban J connectivity index is 1.44. The molecule has 1 aliphatic carbocycles. The van der Waals surface area contributed by atoms with E-state index in [0.717, 1.165) is 48.8 Å². The van der Waals surface area contributed by atoms with Gasteiger partial charge in [0.15, 0.2) is 5.78 Å². The van der Waals surface area contributed by atoms with Gasteiger partial charge in [0.1, 0.15) is 11.5 Å². The predicted molar refractivity (Wildman–Crippen MR) is 123 cm³/mol. The van der Waals surface area contributed by atoms with Crippen LogP contribution in [0.25, 0.3) is 0 Å². The van der Waals surface area contributed by atoms with Crippen molar-refractivity contribution in [1.82, 2.24) is 5.32 Å². The molecule has 7 heteroatoms. The second-order valence-corrected chi connectivity index (χ2v) is 10.5. The molecule has 0 bridgehead atoms. The molecular formula is C24H38BN2O4+. The number of ketones is 2. The maximum Gasteiger partial charge on any atom is 0.526 e. The second kappa shape index (κ2) is 10.3. The van der Waals surface area contributed by atoms with E-state index in [1.165, 1.54) is 6.92 Å². The van der Waals surface area contributed by atoms with Crippen LogP contribution in [0.3, 0.4) is 0 Å². The van der Waals surface area contributed by atoms with Crippen LogP contribution in [-0.2, 0) is 11.2 Å². The third kappa shape index (κ3) is 6.89. The van der Waals surface area contributed by atoms with Gasteiger partial charge in [-0.15, -0.1) is 0 Å². The second-order valence-electron chi connectivity index (χ2n) is 10.5. The summed E-state index contributed by atoms with van der Waals surface area (Å²) < 4.78 is 6.64. The number of likely N-dealkylation sites (N-methyl/N-ethyl adjacent to an activating group) is 1. The smallest absolute Gasteiger partial charge is 0.526 e. The highest BCUT2D eigenvalue weighted by atomic mass is 16.5. The number of nitrogens with zero attached hydrogens (tertiary/aromatic N) is 1. The van der Waals surface area contributed by atoms with Gasteiger partial charge in [-0.1, -0.05) is 12.1 Å². The van der Waals surface area contributed by atoms with Crippen LogP contribution in [-0.4, -0.2) is 68.5 Å². The van der Waals surface area contributed by atoms with Gasteiger partial charge in [-0.2, -0.15) is 0 Å². The Kier molecular flexibility index (Phi) is 7.95. The Morgan fingerprint density at radius 2 is 1.87 bits per heavy atom. The lowest BCUT2D eigenvalue weighted by molar-refractivity contribution is -0.869. The fourth-order valence-electron chi connectivity index (χ4n) is 4.81. The topological polar surface area (TPSA) is 75.6 Å². The number of benzene rings is 1. The molecule has 2 aliphatic rings. The molecule has 1 aromatic rings. The van der Waals surface area contributed by atoms with E-state index in [1.807, 2.05) is 12.1 Å². The van der Waals surface area contributed by atoms with E-state index in [1.54, 1.807) is 6.07 Å². The van der Waals surface area contributed by atoms with Crippen LogP contribution in [0.15, 0.2) is 18.2 Å². The zero-order valence-electron chi connectivity index (χ0n) is 19.5. The van der Waals surface area contributed by atoms with Crippen LogP contribution in [0.5, 0.6) is 5.75 Å². The maximum atomic E-state index is 12.7. The number of fused-ring (bicyclic) bond motifs is 1. The van der Waals surface area contributed by atoms with Crippen LogP contribution in [0, 0.1) is 5.92 Å². The lowest BCUT2D eigenvalue weighted by Crippen LogP contribution is -2.43. The predicted octanol–water partition coefficient (Wildman–Crippen LogP) is 2.88. The number of nitrogens with one attached hydrogen (secondary N) is 1.